The van der Waals surface area contributed by atoms with Gasteiger partial charge in [0.2, 0.25) is 0 Å². The van der Waals surface area contributed by atoms with Crippen molar-refractivity contribution in [3.8, 4) is 0 Å². The molecule has 0 saturated heterocycles. The summed E-state index contributed by atoms with van der Waals surface area (Å²) >= 11 is 0. The Bertz CT molecular complexity index is 345. The minimum absolute atomic E-state index is 0.508. The molecule has 3 radical (unpaired) electrons. The minimum atomic E-state index is 0.508. The molecule has 0 aliphatic rings. The number of nitrogens with zero attached hydrogens (tertiary/aromatic N) is 1. The molecule has 0 N–H and O–H groups in total. The van der Waals surface area contributed by atoms with Crippen molar-refractivity contribution in [2.24, 2.45) is 0 Å². The maximum Gasteiger partial charge on any atom is 0.0716 e. The molecule has 1 aromatic carbocycles. The largest absolute Gasteiger partial charge is 0.302 e. The van der Waals surface area contributed by atoms with E-state index in [4.69, 9.17) is 0 Å². The first-order valence-electron chi connectivity index (χ1n) is 5.99. The predicted molar refractivity (Wildman–Crippen MR) is 72.6 cm³/mol. The van der Waals surface area contributed by atoms with Crippen molar-refractivity contribution in [1.82, 2.24) is 4.90 Å². The third-order valence-corrected chi connectivity index (χ3v) is 3.52. The second kappa shape index (κ2) is 5.64. The van der Waals surface area contributed by atoms with Crippen LogP contribution in [0.3, 0.4) is 0 Å². The van der Waals surface area contributed by atoms with Crippen LogP contribution in [0.1, 0.15) is 50.3 Å². The van der Waals surface area contributed by atoms with Gasteiger partial charge in [-0.15, -0.1) is 0 Å². The summed E-state index contributed by atoms with van der Waals surface area (Å²) in [6.45, 7) is 6.75. The summed E-state index contributed by atoms with van der Waals surface area (Å²) in [7, 11) is 8.03. The van der Waals surface area contributed by atoms with Crippen LogP contribution in [0, 0.1) is 0 Å². The van der Waals surface area contributed by atoms with E-state index in [-0.39, 0.29) is 0 Å². The Morgan fingerprint density at radius 2 is 1.88 bits per heavy atom. The van der Waals surface area contributed by atoms with Gasteiger partial charge in [0.1, 0.15) is 0 Å². The van der Waals surface area contributed by atoms with Gasteiger partial charge in [0.05, 0.1) is 10.2 Å². The van der Waals surface area contributed by atoms with Crippen LogP contribution in [0.25, 0.3) is 0 Å². The summed E-state index contributed by atoms with van der Waals surface area (Å²) in [6, 6.07) is 7.04. The summed E-state index contributed by atoms with van der Waals surface area (Å²) < 4.78 is 0. The number of rotatable bonds is 4. The molecule has 1 nitrogen and oxygen atoms in total. The Hall–Kier alpha value is -0.603. The Labute approximate surface area is 103 Å². The van der Waals surface area contributed by atoms with E-state index in [1.54, 1.807) is 0 Å². The van der Waals surface area contributed by atoms with E-state index in [0.29, 0.717) is 12.0 Å². The lowest BCUT2D eigenvalue weighted by Crippen LogP contribution is -2.24. The number of benzene rings is 1. The number of hydrogen-bond acceptors (Lipinski definition) is 1. The molecule has 0 amide bonds. The van der Waals surface area contributed by atoms with Gasteiger partial charge in [-0.25, -0.2) is 0 Å². The van der Waals surface area contributed by atoms with Gasteiger partial charge in [-0.2, -0.15) is 0 Å². The Morgan fingerprint density at radius 1 is 1.25 bits per heavy atom. The lowest BCUT2D eigenvalue weighted by atomic mass is 9.91. The molecule has 0 spiro atoms. The molecule has 0 aliphatic carbocycles. The first-order chi connectivity index (χ1) is 7.49. The first-order valence-corrected chi connectivity index (χ1v) is 6.49. The van der Waals surface area contributed by atoms with Crippen LogP contribution in [0.2, 0.25) is 0 Å². The average Bonchev–Trinajstić information content (AvgIpc) is 2.17. The van der Waals surface area contributed by atoms with Crippen molar-refractivity contribution in [2.45, 2.75) is 39.2 Å². The molecule has 1 atom stereocenters. The van der Waals surface area contributed by atoms with Gasteiger partial charge in [-0.3, -0.25) is 0 Å². The summed E-state index contributed by atoms with van der Waals surface area (Å²) in [5, 5.41) is 1.23. The van der Waals surface area contributed by atoms with E-state index in [9.17, 15) is 0 Å². The number of hydrogen-bond donors (Lipinski definition) is 0. The molecule has 0 heterocycles. The van der Waals surface area contributed by atoms with Crippen LogP contribution >= 0.6 is 0 Å². The Balaban J connectivity index is 3.26. The fourth-order valence-corrected chi connectivity index (χ4v) is 2.91. The van der Waals surface area contributed by atoms with Crippen molar-refractivity contribution >= 4 is 15.4 Å². The Kier molecular flexibility index (Phi) is 4.75. The zero-order valence-electron chi connectivity index (χ0n) is 11.0. The Morgan fingerprint density at radius 3 is 2.31 bits per heavy atom. The van der Waals surface area contributed by atoms with Gasteiger partial charge in [0.15, 0.2) is 0 Å². The molecule has 1 rings (SSSR count). The zero-order valence-corrected chi connectivity index (χ0v) is 12.0. The van der Waals surface area contributed by atoms with Crippen molar-refractivity contribution in [3.05, 3.63) is 29.3 Å². The van der Waals surface area contributed by atoms with E-state index in [1.807, 2.05) is 0 Å². The molecule has 87 valence electrons. The topological polar surface area (TPSA) is 3.24 Å². The molecular weight excluding hydrogens is 210 g/mol. The van der Waals surface area contributed by atoms with Crippen molar-refractivity contribution in [1.29, 1.82) is 0 Å². The fraction of sp³-hybridized carbons (Fsp3) is 0.571. The monoisotopic (exact) mass is 232 g/mol. The van der Waals surface area contributed by atoms with Gasteiger partial charge < -0.3 is 4.90 Å². The highest BCUT2D eigenvalue weighted by atomic mass is 28.1. The van der Waals surface area contributed by atoms with E-state index in [0.717, 1.165) is 6.42 Å². The minimum Gasteiger partial charge on any atom is -0.302 e. The zero-order chi connectivity index (χ0) is 12.3. The third kappa shape index (κ3) is 2.74. The third-order valence-electron chi connectivity index (χ3n) is 3.09. The van der Waals surface area contributed by atoms with Crippen LogP contribution in [0.5, 0.6) is 0 Å². The van der Waals surface area contributed by atoms with Crippen molar-refractivity contribution in [3.63, 3.8) is 0 Å². The van der Waals surface area contributed by atoms with Gasteiger partial charge in [0.25, 0.3) is 0 Å². The lowest BCUT2D eigenvalue weighted by Gasteiger charge is -2.28. The SMILES string of the molecule is CCC(c1cccc([Si])c1C(C)C)N(C)C. The maximum atomic E-state index is 3.73. The maximum absolute atomic E-state index is 3.73. The molecule has 0 aliphatic heterocycles. The average molecular weight is 232 g/mol. The fourth-order valence-electron chi connectivity index (χ4n) is 2.38. The molecule has 16 heavy (non-hydrogen) atoms. The molecule has 1 unspecified atom stereocenters. The van der Waals surface area contributed by atoms with E-state index in [2.05, 4.69) is 68.2 Å². The van der Waals surface area contributed by atoms with Gasteiger partial charge >= 0.3 is 0 Å². The molecular formula is C14H22NSi. The molecule has 0 bridgehead atoms. The van der Waals surface area contributed by atoms with E-state index >= 15 is 0 Å². The van der Waals surface area contributed by atoms with Gasteiger partial charge in [0, 0.05) is 6.04 Å². The van der Waals surface area contributed by atoms with E-state index in [1.165, 1.54) is 16.3 Å². The van der Waals surface area contributed by atoms with Gasteiger partial charge in [-0.05, 0) is 37.6 Å². The highest BCUT2D eigenvalue weighted by molar-refractivity contribution is 6.33. The highest BCUT2D eigenvalue weighted by Gasteiger charge is 2.18. The van der Waals surface area contributed by atoms with Crippen molar-refractivity contribution in [2.75, 3.05) is 14.1 Å². The van der Waals surface area contributed by atoms with Gasteiger partial charge in [-0.1, -0.05) is 44.2 Å². The molecule has 0 fully saturated rings. The summed E-state index contributed by atoms with van der Waals surface area (Å²) in [6.07, 6.45) is 1.14. The van der Waals surface area contributed by atoms with Crippen molar-refractivity contribution < 1.29 is 0 Å². The predicted octanol–water partition coefficient (Wildman–Crippen LogP) is 2.62. The summed E-state index contributed by atoms with van der Waals surface area (Å²) in [4.78, 5) is 2.30. The van der Waals surface area contributed by atoms with Crippen LogP contribution < -0.4 is 5.19 Å². The van der Waals surface area contributed by atoms with Crippen LogP contribution in [-0.4, -0.2) is 29.2 Å². The second-order valence-electron chi connectivity index (χ2n) is 4.85. The summed E-state index contributed by atoms with van der Waals surface area (Å²) in [5.41, 5.74) is 2.90. The molecule has 1 aromatic rings. The molecule has 0 aromatic heterocycles. The normalized spacial score (nSPS) is 13.5. The standard InChI is InChI=1S/C14H22NSi/c1-6-12(15(4)5)11-8-7-9-13(16)14(11)10(2)3/h7-10,12H,6H2,1-5H3. The highest BCUT2D eigenvalue weighted by Crippen LogP contribution is 2.28. The second-order valence-corrected chi connectivity index (χ2v) is 5.39. The summed E-state index contributed by atoms with van der Waals surface area (Å²) in [5.74, 6) is 0.553. The smallest absolute Gasteiger partial charge is 0.0716 e. The lowest BCUT2D eigenvalue weighted by molar-refractivity contribution is 0.290. The quantitative estimate of drug-likeness (QED) is 0.721. The molecule has 2 heteroatoms. The van der Waals surface area contributed by atoms with Crippen LogP contribution in [0.4, 0.5) is 0 Å². The van der Waals surface area contributed by atoms with Crippen LogP contribution in [0.15, 0.2) is 18.2 Å². The first kappa shape index (κ1) is 13.5. The van der Waals surface area contributed by atoms with E-state index < -0.39 is 0 Å². The molecule has 0 saturated carbocycles. The van der Waals surface area contributed by atoms with Crippen LogP contribution in [-0.2, 0) is 0 Å².